The first-order chi connectivity index (χ1) is 17.0. The van der Waals surface area contributed by atoms with Crippen molar-refractivity contribution in [1.82, 2.24) is 10.2 Å². The van der Waals surface area contributed by atoms with Crippen molar-refractivity contribution in [2.75, 3.05) is 13.2 Å². The standard InChI is InChI=1S/C28H32N2O5/c31-26(30-15-7-1-2-12-25(30)27(32)33)18-13-14-19(16-18)29-28(34)35-17-24-22-10-5-3-8-20(22)21-9-4-6-11-23(21)24/h3-6,8-11,18-19,24-25H,1-2,7,12-17H2,(H,29,34)(H,32,33). The SMILES string of the molecule is O=C(NC1CCC(C(=O)N2CCCCCC2C(=O)O)C1)OCC1c2ccccc2-c2ccccc21. The highest BCUT2D eigenvalue weighted by Gasteiger charge is 2.38. The minimum atomic E-state index is -0.924. The number of carboxylic acids is 1. The van der Waals surface area contributed by atoms with Gasteiger partial charge in [0.25, 0.3) is 0 Å². The minimum Gasteiger partial charge on any atom is -0.480 e. The summed E-state index contributed by atoms with van der Waals surface area (Å²) in [5, 5.41) is 12.5. The molecule has 2 N–H and O–H groups in total. The molecule has 3 atom stereocenters. The molecule has 1 saturated heterocycles. The summed E-state index contributed by atoms with van der Waals surface area (Å²) in [6, 6.07) is 15.5. The van der Waals surface area contributed by atoms with E-state index in [-0.39, 0.29) is 30.4 Å². The zero-order valence-electron chi connectivity index (χ0n) is 19.8. The second-order valence-electron chi connectivity index (χ2n) is 9.91. The topological polar surface area (TPSA) is 95.9 Å². The van der Waals surface area contributed by atoms with Crippen molar-refractivity contribution >= 4 is 18.0 Å². The lowest BCUT2D eigenvalue weighted by molar-refractivity contribution is -0.152. The lowest BCUT2D eigenvalue weighted by Crippen LogP contribution is -2.47. The van der Waals surface area contributed by atoms with Crippen molar-refractivity contribution in [2.45, 2.75) is 62.9 Å². The summed E-state index contributed by atoms with van der Waals surface area (Å²) >= 11 is 0. The number of amides is 2. The van der Waals surface area contributed by atoms with Crippen LogP contribution in [0.1, 0.15) is 62.0 Å². The van der Waals surface area contributed by atoms with Crippen LogP contribution in [0.4, 0.5) is 4.79 Å². The number of rotatable bonds is 5. The molecule has 0 spiro atoms. The van der Waals surface area contributed by atoms with Gasteiger partial charge in [0.1, 0.15) is 12.6 Å². The number of carbonyl (C=O) groups is 3. The van der Waals surface area contributed by atoms with Crippen LogP contribution in [-0.2, 0) is 14.3 Å². The number of hydrogen-bond donors (Lipinski definition) is 2. The summed E-state index contributed by atoms with van der Waals surface area (Å²) in [6.45, 7) is 0.750. The molecule has 2 aromatic rings. The number of aliphatic carboxylic acids is 1. The number of likely N-dealkylation sites (tertiary alicyclic amines) is 1. The predicted octanol–water partition coefficient (Wildman–Crippen LogP) is 4.55. The minimum absolute atomic E-state index is 0.00189. The van der Waals surface area contributed by atoms with E-state index in [1.165, 1.54) is 22.3 Å². The van der Waals surface area contributed by atoms with E-state index in [9.17, 15) is 19.5 Å². The van der Waals surface area contributed by atoms with Gasteiger partial charge in [0.15, 0.2) is 0 Å². The third-order valence-electron chi connectivity index (χ3n) is 7.77. The predicted molar refractivity (Wildman–Crippen MR) is 131 cm³/mol. The number of nitrogens with one attached hydrogen (secondary N) is 1. The molecule has 0 radical (unpaired) electrons. The quantitative estimate of drug-likeness (QED) is 0.660. The summed E-state index contributed by atoms with van der Waals surface area (Å²) < 4.78 is 5.66. The normalized spacial score (nSPS) is 23.8. The molecule has 7 heteroatoms. The highest BCUT2D eigenvalue weighted by atomic mass is 16.5. The van der Waals surface area contributed by atoms with Crippen molar-refractivity contribution in [1.29, 1.82) is 0 Å². The summed E-state index contributed by atoms with van der Waals surface area (Å²) in [5.41, 5.74) is 4.70. The van der Waals surface area contributed by atoms with Gasteiger partial charge >= 0.3 is 12.1 Å². The van der Waals surface area contributed by atoms with E-state index in [0.29, 0.717) is 32.2 Å². The van der Waals surface area contributed by atoms with E-state index < -0.39 is 18.1 Å². The third kappa shape index (κ3) is 4.77. The van der Waals surface area contributed by atoms with Gasteiger partial charge in [0, 0.05) is 24.4 Å². The van der Waals surface area contributed by atoms with E-state index in [0.717, 1.165) is 19.3 Å². The zero-order chi connectivity index (χ0) is 24.4. The molecule has 2 aliphatic carbocycles. The summed E-state index contributed by atoms with van der Waals surface area (Å²) in [7, 11) is 0. The molecule has 35 heavy (non-hydrogen) atoms. The summed E-state index contributed by atoms with van der Waals surface area (Å²) in [5.74, 6) is -1.27. The smallest absolute Gasteiger partial charge is 0.407 e. The highest BCUT2D eigenvalue weighted by molar-refractivity contribution is 5.85. The van der Waals surface area contributed by atoms with Gasteiger partial charge in [-0.05, 0) is 54.4 Å². The Morgan fingerprint density at radius 2 is 1.60 bits per heavy atom. The molecule has 1 saturated carbocycles. The fourth-order valence-corrected chi connectivity index (χ4v) is 6.01. The van der Waals surface area contributed by atoms with Crippen LogP contribution in [0.2, 0.25) is 0 Å². The second-order valence-corrected chi connectivity index (χ2v) is 9.91. The molecule has 2 fully saturated rings. The molecule has 1 heterocycles. The van der Waals surface area contributed by atoms with Gasteiger partial charge < -0.3 is 20.1 Å². The van der Waals surface area contributed by atoms with Gasteiger partial charge in [0.05, 0.1) is 0 Å². The van der Waals surface area contributed by atoms with Crippen LogP contribution in [-0.4, -0.2) is 53.2 Å². The highest BCUT2D eigenvalue weighted by Crippen LogP contribution is 2.44. The Balaban J connectivity index is 1.16. The van der Waals surface area contributed by atoms with E-state index in [1.807, 2.05) is 24.3 Å². The average Bonchev–Trinajstić information content (AvgIpc) is 3.35. The van der Waals surface area contributed by atoms with Crippen molar-refractivity contribution in [2.24, 2.45) is 5.92 Å². The summed E-state index contributed by atoms with van der Waals surface area (Å²) in [4.78, 5) is 39.1. The van der Waals surface area contributed by atoms with Crippen LogP contribution in [0, 0.1) is 5.92 Å². The maximum absolute atomic E-state index is 13.2. The molecule has 3 aliphatic rings. The molecule has 184 valence electrons. The Labute approximate surface area is 205 Å². The number of hydrogen-bond acceptors (Lipinski definition) is 4. The van der Waals surface area contributed by atoms with Crippen molar-refractivity contribution in [3.63, 3.8) is 0 Å². The Morgan fingerprint density at radius 3 is 2.29 bits per heavy atom. The van der Waals surface area contributed by atoms with Crippen molar-refractivity contribution < 1.29 is 24.2 Å². The van der Waals surface area contributed by atoms with E-state index in [1.54, 1.807) is 4.90 Å². The van der Waals surface area contributed by atoms with Gasteiger partial charge in [-0.3, -0.25) is 4.79 Å². The first-order valence-electron chi connectivity index (χ1n) is 12.7. The number of benzene rings is 2. The molecule has 2 aromatic carbocycles. The van der Waals surface area contributed by atoms with Crippen LogP contribution in [0.5, 0.6) is 0 Å². The average molecular weight is 477 g/mol. The first-order valence-corrected chi connectivity index (χ1v) is 12.7. The second kappa shape index (κ2) is 10.1. The molecular formula is C28H32N2O5. The molecule has 1 aliphatic heterocycles. The molecule has 5 rings (SSSR count). The van der Waals surface area contributed by atoms with E-state index in [4.69, 9.17) is 4.74 Å². The molecule has 7 nitrogen and oxygen atoms in total. The largest absolute Gasteiger partial charge is 0.480 e. The van der Waals surface area contributed by atoms with Crippen LogP contribution >= 0.6 is 0 Å². The molecule has 0 aromatic heterocycles. The van der Waals surface area contributed by atoms with E-state index in [2.05, 4.69) is 29.6 Å². The maximum Gasteiger partial charge on any atom is 0.407 e. The number of ether oxygens (including phenoxy) is 1. The lowest BCUT2D eigenvalue weighted by Gasteiger charge is -2.29. The number of nitrogens with zero attached hydrogens (tertiary/aromatic N) is 1. The van der Waals surface area contributed by atoms with E-state index >= 15 is 0 Å². The Morgan fingerprint density at radius 1 is 0.914 bits per heavy atom. The first kappa shape index (κ1) is 23.4. The maximum atomic E-state index is 13.2. The Hall–Kier alpha value is -3.35. The zero-order valence-corrected chi connectivity index (χ0v) is 19.8. The molecule has 2 amide bonds. The van der Waals surface area contributed by atoms with Crippen molar-refractivity contribution in [3.05, 3.63) is 59.7 Å². The third-order valence-corrected chi connectivity index (χ3v) is 7.77. The number of carboxylic acid groups (broad SMARTS) is 1. The number of alkyl carbamates (subject to hydrolysis) is 1. The van der Waals surface area contributed by atoms with Gasteiger partial charge in [0.2, 0.25) is 5.91 Å². The molecule has 3 unspecified atom stereocenters. The van der Waals surface area contributed by atoms with Crippen molar-refractivity contribution in [3.8, 4) is 11.1 Å². The van der Waals surface area contributed by atoms with Crippen LogP contribution < -0.4 is 5.32 Å². The van der Waals surface area contributed by atoms with Gasteiger partial charge in [-0.2, -0.15) is 0 Å². The lowest BCUT2D eigenvalue weighted by atomic mass is 9.98. The van der Waals surface area contributed by atoms with Gasteiger partial charge in [-0.1, -0.05) is 61.4 Å². The summed E-state index contributed by atoms with van der Waals surface area (Å²) in [6.07, 6.45) is 4.51. The monoisotopic (exact) mass is 476 g/mol. The molecular weight excluding hydrogens is 444 g/mol. The van der Waals surface area contributed by atoms with Gasteiger partial charge in [-0.25, -0.2) is 9.59 Å². The molecule has 0 bridgehead atoms. The van der Waals surface area contributed by atoms with Gasteiger partial charge in [-0.15, -0.1) is 0 Å². The fourth-order valence-electron chi connectivity index (χ4n) is 6.01. The Bertz CT molecular complexity index is 1070. The van der Waals surface area contributed by atoms with Crippen LogP contribution in [0.3, 0.4) is 0 Å². The fraction of sp³-hybridized carbons (Fsp3) is 0.464. The number of fused-ring (bicyclic) bond motifs is 3. The van der Waals surface area contributed by atoms with Crippen LogP contribution in [0.15, 0.2) is 48.5 Å². The van der Waals surface area contributed by atoms with Crippen LogP contribution in [0.25, 0.3) is 11.1 Å². The number of carbonyl (C=O) groups excluding carboxylic acids is 2. The Kier molecular flexibility index (Phi) is 6.75.